The number of alkyl carbamates (subject to hydrolysis) is 1. The SMILES string of the molecule is O=C(NC(CSc1cn[nH]n1)C(=O)O)OCc1ccccc1. The monoisotopic (exact) mass is 322 g/mol. The first-order valence-corrected chi connectivity index (χ1v) is 7.32. The zero-order valence-electron chi connectivity index (χ0n) is 11.4. The fraction of sp³-hybridized carbons (Fsp3) is 0.231. The summed E-state index contributed by atoms with van der Waals surface area (Å²) in [7, 11) is 0. The Labute approximate surface area is 130 Å². The van der Waals surface area contributed by atoms with E-state index in [9.17, 15) is 9.59 Å². The van der Waals surface area contributed by atoms with E-state index in [1.165, 1.54) is 6.20 Å². The van der Waals surface area contributed by atoms with Crippen LogP contribution in [-0.2, 0) is 16.1 Å². The molecule has 1 aromatic heterocycles. The third-order valence-corrected chi connectivity index (χ3v) is 3.59. The van der Waals surface area contributed by atoms with Gasteiger partial charge in [-0.05, 0) is 5.56 Å². The van der Waals surface area contributed by atoms with Crippen molar-refractivity contribution in [1.29, 1.82) is 0 Å². The highest BCUT2D eigenvalue weighted by Gasteiger charge is 2.21. The number of aromatic amines is 1. The number of amides is 1. The summed E-state index contributed by atoms with van der Waals surface area (Å²) < 4.78 is 4.99. The summed E-state index contributed by atoms with van der Waals surface area (Å²) in [6.45, 7) is 0.0788. The van der Waals surface area contributed by atoms with Gasteiger partial charge in [0, 0.05) is 5.75 Å². The van der Waals surface area contributed by atoms with Gasteiger partial charge in [0.2, 0.25) is 0 Å². The van der Waals surface area contributed by atoms with Gasteiger partial charge in [0.1, 0.15) is 17.7 Å². The second-order valence-electron chi connectivity index (χ2n) is 4.22. The maximum absolute atomic E-state index is 11.7. The molecule has 1 heterocycles. The van der Waals surface area contributed by atoms with E-state index in [0.29, 0.717) is 5.03 Å². The van der Waals surface area contributed by atoms with Gasteiger partial charge in [0.05, 0.1) is 6.20 Å². The highest BCUT2D eigenvalue weighted by molar-refractivity contribution is 7.99. The van der Waals surface area contributed by atoms with Crippen LogP contribution in [-0.4, -0.2) is 44.4 Å². The third kappa shape index (κ3) is 5.09. The molecule has 0 fully saturated rings. The van der Waals surface area contributed by atoms with Crippen molar-refractivity contribution in [3.05, 3.63) is 42.1 Å². The lowest BCUT2D eigenvalue weighted by Crippen LogP contribution is -2.42. The zero-order valence-corrected chi connectivity index (χ0v) is 12.2. The average Bonchev–Trinajstić information content (AvgIpc) is 3.03. The number of benzene rings is 1. The Morgan fingerprint density at radius 2 is 2.14 bits per heavy atom. The van der Waals surface area contributed by atoms with Gasteiger partial charge in [-0.2, -0.15) is 10.3 Å². The van der Waals surface area contributed by atoms with E-state index in [-0.39, 0.29) is 12.4 Å². The number of nitrogens with one attached hydrogen (secondary N) is 2. The molecule has 0 aliphatic heterocycles. The van der Waals surface area contributed by atoms with Gasteiger partial charge in [-0.25, -0.2) is 9.59 Å². The van der Waals surface area contributed by atoms with Crippen molar-refractivity contribution in [3.8, 4) is 0 Å². The van der Waals surface area contributed by atoms with Crippen molar-refractivity contribution in [3.63, 3.8) is 0 Å². The van der Waals surface area contributed by atoms with Crippen LogP contribution in [0, 0.1) is 0 Å². The molecule has 2 aromatic rings. The fourth-order valence-corrected chi connectivity index (χ4v) is 2.31. The average molecular weight is 322 g/mol. The highest BCUT2D eigenvalue weighted by Crippen LogP contribution is 2.14. The van der Waals surface area contributed by atoms with E-state index < -0.39 is 18.1 Å². The maximum atomic E-state index is 11.7. The maximum Gasteiger partial charge on any atom is 0.408 e. The van der Waals surface area contributed by atoms with Crippen LogP contribution in [0.3, 0.4) is 0 Å². The Morgan fingerprint density at radius 3 is 2.77 bits per heavy atom. The van der Waals surface area contributed by atoms with E-state index in [0.717, 1.165) is 17.3 Å². The van der Waals surface area contributed by atoms with Gasteiger partial charge in [0.25, 0.3) is 0 Å². The first-order chi connectivity index (χ1) is 10.6. The molecule has 1 atom stereocenters. The summed E-state index contributed by atoms with van der Waals surface area (Å²) in [5.41, 5.74) is 0.821. The van der Waals surface area contributed by atoms with E-state index in [1.807, 2.05) is 30.3 Å². The first-order valence-electron chi connectivity index (χ1n) is 6.33. The fourth-order valence-electron chi connectivity index (χ4n) is 1.51. The smallest absolute Gasteiger partial charge is 0.408 e. The number of carbonyl (C=O) groups is 2. The molecule has 0 saturated heterocycles. The molecule has 0 aliphatic carbocycles. The number of thioether (sulfide) groups is 1. The van der Waals surface area contributed by atoms with Crippen molar-refractivity contribution in [1.82, 2.24) is 20.7 Å². The number of carboxylic acids is 1. The molecule has 0 radical (unpaired) electrons. The van der Waals surface area contributed by atoms with E-state index >= 15 is 0 Å². The molecule has 0 aliphatic rings. The van der Waals surface area contributed by atoms with Gasteiger partial charge in [-0.3, -0.25) is 0 Å². The standard InChI is InChI=1S/C13H14N4O4S/c18-12(19)10(8-22-11-6-14-17-16-11)15-13(20)21-7-9-4-2-1-3-5-9/h1-6,10H,7-8H2,(H,15,20)(H,18,19)(H,14,16,17). The van der Waals surface area contributed by atoms with E-state index in [1.54, 1.807) is 0 Å². The number of carboxylic acid groups (broad SMARTS) is 1. The van der Waals surface area contributed by atoms with Crippen molar-refractivity contribution in [2.45, 2.75) is 17.7 Å². The normalized spacial score (nSPS) is 11.6. The molecule has 1 aromatic carbocycles. The molecule has 1 unspecified atom stereocenters. The summed E-state index contributed by atoms with van der Waals surface area (Å²) in [4.78, 5) is 22.8. The van der Waals surface area contributed by atoms with Crippen LogP contribution in [0.15, 0.2) is 41.6 Å². The molecule has 116 valence electrons. The number of ether oxygens (including phenoxy) is 1. The lowest BCUT2D eigenvalue weighted by atomic mass is 10.2. The molecule has 22 heavy (non-hydrogen) atoms. The van der Waals surface area contributed by atoms with Gasteiger partial charge in [-0.15, -0.1) is 16.9 Å². The van der Waals surface area contributed by atoms with E-state index in [4.69, 9.17) is 9.84 Å². The molecule has 1 amide bonds. The Bertz CT molecular complexity index is 606. The molecule has 3 N–H and O–H groups in total. The van der Waals surface area contributed by atoms with Crippen LogP contribution in [0.5, 0.6) is 0 Å². The summed E-state index contributed by atoms with van der Waals surface area (Å²) in [5.74, 6) is -1.03. The second-order valence-corrected chi connectivity index (χ2v) is 5.26. The molecule has 0 spiro atoms. The van der Waals surface area contributed by atoms with Crippen molar-refractivity contribution >= 4 is 23.8 Å². The van der Waals surface area contributed by atoms with Crippen LogP contribution in [0.25, 0.3) is 0 Å². The topological polar surface area (TPSA) is 117 Å². The van der Waals surface area contributed by atoms with Gasteiger partial charge < -0.3 is 15.2 Å². The number of nitrogens with zero attached hydrogens (tertiary/aromatic N) is 2. The minimum Gasteiger partial charge on any atom is -0.480 e. The number of aromatic nitrogens is 3. The van der Waals surface area contributed by atoms with Crippen LogP contribution in [0.2, 0.25) is 0 Å². The van der Waals surface area contributed by atoms with Crippen LogP contribution >= 0.6 is 11.8 Å². The molecule has 9 heteroatoms. The lowest BCUT2D eigenvalue weighted by Gasteiger charge is -2.13. The zero-order chi connectivity index (χ0) is 15.8. The summed E-state index contributed by atoms with van der Waals surface area (Å²) in [6, 6.07) is 8.04. The van der Waals surface area contributed by atoms with Crippen LogP contribution in [0.1, 0.15) is 5.56 Å². The minimum absolute atomic E-state index is 0.0788. The number of carbonyl (C=O) groups excluding carboxylic acids is 1. The van der Waals surface area contributed by atoms with Gasteiger partial charge >= 0.3 is 12.1 Å². The largest absolute Gasteiger partial charge is 0.480 e. The Kier molecular flexibility index (Phi) is 5.78. The molecule has 2 rings (SSSR count). The quantitative estimate of drug-likeness (QED) is 0.657. The number of rotatable bonds is 7. The summed E-state index contributed by atoms with van der Waals surface area (Å²) in [6.07, 6.45) is 0.689. The second kappa shape index (κ2) is 8.03. The Balaban J connectivity index is 1.79. The summed E-state index contributed by atoms with van der Waals surface area (Å²) >= 11 is 1.16. The number of hydrogen-bond acceptors (Lipinski definition) is 6. The molecule has 0 saturated carbocycles. The molecule has 8 nitrogen and oxygen atoms in total. The lowest BCUT2D eigenvalue weighted by molar-refractivity contribution is -0.138. The van der Waals surface area contributed by atoms with Crippen molar-refractivity contribution in [2.24, 2.45) is 0 Å². The molecular weight excluding hydrogens is 308 g/mol. The van der Waals surface area contributed by atoms with Crippen LogP contribution < -0.4 is 5.32 Å². The molecule has 0 bridgehead atoms. The summed E-state index contributed by atoms with van der Waals surface area (Å²) in [5, 5.41) is 21.8. The Hall–Kier alpha value is -2.55. The Morgan fingerprint density at radius 1 is 1.36 bits per heavy atom. The predicted octanol–water partition coefficient (Wildman–Crippen LogP) is 1.28. The van der Waals surface area contributed by atoms with Gasteiger partial charge in [-0.1, -0.05) is 30.3 Å². The third-order valence-electron chi connectivity index (χ3n) is 2.59. The number of aliphatic carboxylic acids is 1. The minimum atomic E-state index is -1.15. The number of hydrogen-bond donors (Lipinski definition) is 3. The van der Waals surface area contributed by atoms with Crippen molar-refractivity contribution in [2.75, 3.05) is 5.75 Å². The van der Waals surface area contributed by atoms with Crippen LogP contribution in [0.4, 0.5) is 4.79 Å². The first kappa shape index (κ1) is 15.8. The number of H-pyrrole nitrogens is 1. The highest BCUT2D eigenvalue weighted by atomic mass is 32.2. The van der Waals surface area contributed by atoms with Crippen molar-refractivity contribution < 1.29 is 19.4 Å². The van der Waals surface area contributed by atoms with E-state index in [2.05, 4.69) is 20.7 Å². The molecular formula is C13H14N4O4S. The predicted molar refractivity (Wildman–Crippen MR) is 78.3 cm³/mol. The van der Waals surface area contributed by atoms with Gasteiger partial charge in [0.15, 0.2) is 0 Å².